The van der Waals surface area contributed by atoms with Gasteiger partial charge in [0.15, 0.2) is 0 Å². The van der Waals surface area contributed by atoms with Gasteiger partial charge in [0.1, 0.15) is 0 Å². The van der Waals surface area contributed by atoms with Gasteiger partial charge in [-0.05, 0) is 17.2 Å². The highest BCUT2D eigenvalue weighted by molar-refractivity contribution is 5.89. The van der Waals surface area contributed by atoms with Gasteiger partial charge in [-0.3, -0.25) is 0 Å². The largest absolute Gasteiger partial charge is 0.472 e. The van der Waals surface area contributed by atoms with E-state index in [0.717, 1.165) is 0 Å². The minimum Gasteiger partial charge on any atom is -0.472 e. The van der Waals surface area contributed by atoms with Crippen molar-refractivity contribution in [2.75, 3.05) is 13.7 Å². The summed E-state index contributed by atoms with van der Waals surface area (Å²) >= 11 is 0. The van der Waals surface area contributed by atoms with Gasteiger partial charge in [0.25, 0.3) is 0 Å². The van der Waals surface area contributed by atoms with Crippen molar-refractivity contribution >= 4 is 5.97 Å². The van der Waals surface area contributed by atoms with E-state index in [9.17, 15) is 14.8 Å². The number of carbonyl (C=O) groups excluding carboxylic acids is 1. The molecule has 0 saturated heterocycles. The van der Waals surface area contributed by atoms with Crippen LogP contribution >= 0.6 is 0 Å². The second-order valence-electron chi connectivity index (χ2n) is 4.00. The van der Waals surface area contributed by atoms with Crippen LogP contribution in [-0.4, -0.2) is 31.0 Å². The first kappa shape index (κ1) is 11.8. The maximum absolute atomic E-state index is 11.5. The van der Waals surface area contributed by atoms with Crippen molar-refractivity contribution in [3.05, 3.63) is 28.4 Å². The monoisotopic (exact) mass is 239 g/mol. The van der Waals surface area contributed by atoms with Gasteiger partial charge in [0.05, 0.1) is 31.5 Å². The molecule has 0 aromatic carbocycles. The summed E-state index contributed by atoms with van der Waals surface area (Å²) in [5.74, 6) is -1.03. The quantitative estimate of drug-likeness (QED) is 0.445. The van der Waals surface area contributed by atoms with E-state index >= 15 is 0 Å². The normalized spacial score (nSPS) is 30.8. The first-order valence-corrected chi connectivity index (χ1v) is 5.29. The Labute approximate surface area is 97.9 Å². The fourth-order valence-corrected chi connectivity index (χ4v) is 2.41. The molecule has 0 aromatic rings. The van der Waals surface area contributed by atoms with Crippen LogP contribution in [0.4, 0.5) is 0 Å². The van der Waals surface area contributed by atoms with E-state index in [0.29, 0.717) is 17.6 Å². The number of methoxy groups -OCH3 is 1. The van der Waals surface area contributed by atoms with Gasteiger partial charge in [-0.1, -0.05) is 6.08 Å². The fourth-order valence-electron chi connectivity index (χ4n) is 2.41. The molecule has 6 nitrogen and oxygen atoms in total. The second kappa shape index (κ2) is 4.67. The lowest BCUT2D eigenvalue weighted by atomic mass is 9.83. The zero-order chi connectivity index (χ0) is 12.4. The second-order valence-corrected chi connectivity index (χ2v) is 4.00. The number of hydrogen-bond acceptors (Lipinski definition) is 6. The summed E-state index contributed by atoms with van der Waals surface area (Å²) in [6, 6.07) is 0. The highest BCUT2D eigenvalue weighted by Crippen LogP contribution is 2.43. The number of carbonyl (C=O) groups is 1. The Bertz CT molecular complexity index is 401. The molecule has 0 amide bonds. The van der Waals surface area contributed by atoms with Crippen LogP contribution in [0.3, 0.4) is 0 Å². The number of ether oxygens (including phenoxy) is 2. The van der Waals surface area contributed by atoms with Crippen LogP contribution in [0.15, 0.2) is 28.7 Å². The number of fused-ring (bicyclic) bond motifs is 1. The predicted molar refractivity (Wildman–Crippen MR) is 57.5 cm³/mol. The molecule has 0 fully saturated rings. The van der Waals surface area contributed by atoms with Crippen molar-refractivity contribution in [2.45, 2.75) is 12.6 Å². The van der Waals surface area contributed by atoms with E-state index in [-0.39, 0.29) is 18.4 Å². The SMILES string of the molecule is COC(=O)C1=CO[C@@H](N=O)[C@@H]2C(CO)=CCC12. The Morgan fingerprint density at radius 2 is 2.47 bits per heavy atom. The lowest BCUT2D eigenvalue weighted by Crippen LogP contribution is -2.34. The molecule has 3 atom stereocenters. The van der Waals surface area contributed by atoms with Gasteiger partial charge in [0.2, 0.25) is 6.23 Å². The van der Waals surface area contributed by atoms with Crippen molar-refractivity contribution in [3.63, 3.8) is 0 Å². The molecule has 17 heavy (non-hydrogen) atoms. The van der Waals surface area contributed by atoms with Crippen LogP contribution < -0.4 is 0 Å². The Morgan fingerprint density at radius 1 is 1.71 bits per heavy atom. The molecule has 1 heterocycles. The van der Waals surface area contributed by atoms with Crippen LogP contribution in [-0.2, 0) is 14.3 Å². The maximum atomic E-state index is 11.5. The molecular weight excluding hydrogens is 226 g/mol. The number of nitroso groups, excluding NO2 is 1. The molecule has 0 bridgehead atoms. The van der Waals surface area contributed by atoms with Crippen molar-refractivity contribution in [2.24, 2.45) is 17.0 Å². The van der Waals surface area contributed by atoms with Crippen LogP contribution in [0.5, 0.6) is 0 Å². The van der Waals surface area contributed by atoms with Gasteiger partial charge >= 0.3 is 5.97 Å². The third-order valence-corrected chi connectivity index (χ3v) is 3.24. The van der Waals surface area contributed by atoms with Crippen LogP contribution in [0.25, 0.3) is 0 Å². The molecule has 1 aliphatic heterocycles. The molecule has 0 saturated carbocycles. The van der Waals surface area contributed by atoms with E-state index in [4.69, 9.17) is 4.74 Å². The summed E-state index contributed by atoms with van der Waals surface area (Å²) in [4.78, 5) is 22.2. The highest BCUT2D eigenvalue weighted by atomic mass is 16.5. The standard InChI is InChI=1S/C11H13NO5/c1-16-11(14)8-5-17-10(12-15)9-6(4-13)2-3-7(8)9/h2,5,7,9-10,13H,3-4H2,1H3/t7?,9-,10-/m1/s1. The van der Waals surface area contributed by atoms with Crippen molar-refractivity contribution < 1.29 is 19.4 Å². The molecular formula is C11H13NO5. The maximum Gasteiger partial charge on any atom is 0.337 e. The topological polar surface area (TPSA) is 85.2 Å². The number of hydrogen-bond donors (Lipinski definition) is 1. The number of esters is 1. The summed E-state index contributed by atoms with van der Waals surface area (Å²) in [6.45, 7) is -0.162. The van der Waals surface area contributed by atoms with Gasteiger partial charge in [-0.2, -0.15) is 0 Å². The average Bonchev–Trinajstić information content (AvgIpc) is 2.80. The Morgan fingerprint density at radius 3 is 3.06 bits per heavy atom. The zero-order valence-corrected chi connectivity index (χ0v) is 9.33. The third kappa shape index (κ3) is 1.84. The zero-order valence-electron chi connectivity index (χ0n) is 9.33. The summed E-state index contributed by atoms with van der Waals surface area (Å²) < 4.78 is 9.77. The summed E-state index contributed by atoms with van der Waals surface area (Å²) in [5, 5.41) is 12.1. The molecule has 1 unspecified atom stereocenters. The Balaban J connectivity index is 2.30. The summed E-state index contributed by atoms with van der Waals surface area (Å²) in [6.07, 6.45) is 2.76. The Kier molecular flexibility index (Phi) is 3.23. The van der Waals surface area contributed by atoms with Crippen LogP contribution in [0.1, 0.15) is 6.42 Å². The van der Waals surface area contributed by atoms with Gasteiger partial charge < -0.3 is 14.6 Å². The molecule has 0 radical (unpaired) electrons. The number of rotatable bonds is 3. The van der Waals surface area contributed by atoms with E-state index in [1.807, 2.05) is 6.08 Å². The van der Waals surface area contributed by atoms with Crippen molar-refractivity contribution in [1.29, 1.82) is 0 Å². The Hall–Kier alpha value is -1.69. The molecule has 2 aliphatic rings. The number of aliphatic hydroxyl groups excluding tert-OH is 1. The lowest BCUT2D eigenvalue weighted by Gasteiger charge is -2.30. The van der Waals surface area contributed by atoms with Gasteiger partial charge in [0, 0.05) is 5.92 Å². The van der Waals surface area contributed by atoms with Crippen LogP contribution in [0, 0.1) is 16.7 Å². The first-order valence-electron chi connectivity index (χ1n) is 5.29. The summed E-state index contributed by atoms with van der Waals surface area (Å²) in [7, 11) is 1.29. The van der Waals surface area contributed by atoms with Gasteiger partial charge in [-0.25, -0.2) is 4.79 Å². The summed E-state index contributed by atoms with van der Waals surface area (Å²) in [5.41, 5.74) is 1.08. The molecule has 6 heteroatoms. The molecule has 0 spiro atoms. The predicted octanol–water partition coefficient (Wildman–Crippen LogP) is 0.721. The fraction of sp³-hybridized carbons (Fsp3) is 0.545. The molecule has 2 rings (SSSR count). The lowest BCUT2D eigenvalue weighted by molar-refractivity contribution is -0.137. The molecule has 0 aromatic heterocycles. The first-order chi connectivity index (χ1) is 8.22. The van der Waals surface area contributed by atoms with Crippen molar-refractivity contribution in [1.82, 2.24) is 0 Å². The minimum atomic E-state index is -0.880. The molecule has 1 N–H and O–H groups in total. The number of nitrogens with zero attached hydrogens (tertiary/aromatic N) is 1. The smallest absolute Gasteiger partial charge is 0.337 e. The van der Waals surface area contributed by atoms with E-state index in [1.165, 1.54) is 13.4 Å². The number of allylic oxidation sites excluding steroid dienone is 1. The van der Waals surface area contributed by atoms with Crippen LogP contribution in [0.2, 0.25) is 0 Å². The third-order valence-electron chi connectivity index (χ3n) is 3.24. The van der Waals surface area contributed by atoms with E-state index < -0.39 is 12.2 Å². The van der Waals surface area contributed by atoms with Gasteiger partial charge in [-0.15, -0.1) is 4.91 Å². The van der Waals surface area contributed by atoms with E-state index in [2.05, 4.69) is 9.91 Å². The number of aliphatic hydroxyl groups is 1. The van der Waals surface area contributed by atoms with E-state index in [1.54, 1.807) is 0 Å². The highest BCUT2D eigenvalue weighted by Gasteiger charge is 2.44. The van der Waals surface area contributed by atoms with Crippen molar-refractivity contribution in [3.8, 4) is 0 Å². The molecule has 92 valence electrons. The average molecular weight is 239 g/mol. The molecule has 1 aliphatic carbocycles. The minimum absolute atomic E-state index is 0.162.